The van der Waals surface area contributed by atoms with E-state index in [1.54, 1.807) is 11.3 Å². The van der Waals surface area contributed by atoms with Crippen LogP contribution in [0, 0.1) is 0 Å². The molecule has 1 aliphatic rings. The number of hydrogen-bond donors (Lipinski definition) is 1. The molecule has 1 aliphatic heterocycles. The van der Waals surface area contributed by atoms with Crippen LogP contribution >= 0.6 is 11.3 Å². The van der Waals surface area contributed by atoms with Gasteiger partial charge in [0, 0.05) is 18.0 Å². The van der Waals surface area contributed by atoms with Crippen molar-refractivity contribution in [1.82, 2.24) is 5.32 Å². The van der Waals surface area contributed by atoms with Gasteiger partial charge in [-0.05, 0) is 28.6 Å². The van der Waals surface area contributed by atoms with E-state index in [0.29, 0.717) is 0 Å². The first kappa shape index (κ1) is 11.0. The number of rotatable bonds is 2. The van der Waals surface area contributed by atoms with Crippen molar-refractivity contribution >= 4 is 11.3 Å². The Hall–Kier alpha value is -1.16. The molecule has 17 heavy (non-hydrogen) atoms. The van der Waals surface area contributed by atoms with Crippen LogP contribution in [0.1, 0.15) is 11.7 Å². The van der Waals surface area contributed by atoms with Gasteiger partial charge < -0.3 is 10.1 Å². The molecule has 0 amide bonds. The highest BCUT2D eigenvalue weighted by atomic mass is 32.1. The van der Waals surface area contributed by atoms with Gasteiger partial charge in [0.2, 0.25) is 0 Å². The summed E-state index contributed by atoms with van der Waals surface area (Å²) >= 11 is 1.77. The third kappa shape index (κ3) is 2.41. The molecule has 1 N–H and O–H groups in total. The summed E-state index contributed by atoms with van der Waals surface area (Å²) in [6.45, 7) is 2.67. The zero-order valence-electron chi connectivity index (χ0n) is 9.56. The average Bonchev–Trinajstić information content (AvgIpc) is 2.94. The van der Waals surface area contributed by atoms with Crippen LogP contribution in [0.25, 0.3) is 10.4 Å². The predicted molar refractivity (Wildman–Crippen MR) is 71.3 cm³/mol. The maximum atomic E-state index is 5.78. The minimum atomic E-state index is 0.198. The molecule has 1 unspecified atom stereocenters. The van der Waals surface area contributed by atoms with E-state index in [0.717, 1.165) is 19.7 Å². The molecular formula is C14H15NOS. The van der Waals surface area contributed by atoms with Gasteiger partial charge in [-0.2, -0.15) is 0 Å². The zero-order valence-corrected chi connectivity index (χ0v) is 10.4. The lowest BCUT2D eigenvalue weighted by atomic mass is 10.0. The minimum Gasteiger partial charge on any atom is -0.371 e. The van der Waals surface area contributed by atoms with Crippen LogP contribution in [0.5, 0.6) is 0 Å². The first-order chi connectivity index (χ1) is 8.43. The van der Waals surface area contributed by atoms with Crippen molar-refractivity contribution in [3.05, 3.63) is 47.3 Å². The maximum Gasteiger partial charge on any atom is 0.0950 e. The lowest BCUT2D eigenvalue weighted by Gasteiger charge is -2.24. The molecule has 0 aliphatic carbocycles. The van der Waals surface area contributed by atoms with Crippen molar-refractivity contribution in [2.75, 3.05) is 19.7 Å². The third-order valence-electron chi connectivity index (χ3n) is 2.99. The zero-order chi connectivity index (χ0) is 11.5. The van der Waals surface area contributed by atoms with Crippen LogP contribution in [0.4, 0.5) is 0 Å². The van der Waals surface area contributed by atoms with E-state index in [2.05, 4.69) is 47.1 Å². The molecule has 1 atom stereocenters. The quantitative estimate of drug-likeness (QED) is 0.878. The Morgan fingerprint density at radius 2 is 2.24 bits per heavy atom. The lowest BCUT2D eigenvalue weighted by molar-refractivity contribution is 0.0277. The first-order valence-corrected chi connectivity index (χ1v) is 6.77. The molecule has 1 fully saturated rings. The molecule has 2 heterocycles. The highest BCUT2D eigenvalue weighted by Crippen LogP contribution is 2.28. The molecule has 0 bridgehead atoms. The Kier molecular flexibility index (Phi) is 3.22. The average molecular weight is 245 g/mol. The van der Waals surface area contributed by atoms with Crippen LogP contribution in [0.2, 0.25) is 0 Å². The SMILES string of the molecule is c1cc(-c2cccs2)cc(C2CNCCO2)c1. The van der Waals surface area contributed by atoms with Gasteiger partial charge in [-0.1, -0.05) is 24.3 Å². The highest BCUT2D eigenvalue weighted by Gasteiger charge is 2.15. The summed E-state index contributed by atoms with van der Waals surface area (Å²) in [5, 5.41) is 5.48. The number of morpholine rings is 1. The van der Waals surface area contributed by atoms with E-state index in [4.69, 9.17) is 4.74 Å². The number of nitrogens with one attached hydrogen (secondary N) is 1. The topological polar surface area (TPSA) is 21.3 Å². The maximum absolute atomic E-state index is 5.78. The molecule has 1 aromatic carbocycles. The molecule has 3 rings (SSSR count). The third-order valence-corrected chi connectivity index (χ3v) is 3.91. The standard InChI is InChI=1S/C14H15NOS/c1-3-11(13-10-15-6-7-16-13)9-12(4-1)14-5-2-8-17-14/h1-5,8-9,13,15H,6-7,10H2. The normalized spacial score (nSPS) is 20.4. The summed E-state index contributed by atoms with van der Waals surface area (Å²) in [5.41, 5.74) is 2.55. The molecule has 3 heteroatoms. The second-order valence-electron chi connectivity index (χ2n) is 4.17. The number of thiophene rings is 1. The number of hydrogen-bond acceptors (Lipinski definition) is 3. The summed E-state index contributed by atoms with van der Waals surface area (Å²) < 4.78 is 5.78. The van der Waals surface area contributed by atoms with E-state index < -0.39 is 0 Å². The summed E-state index contributed by atoms with van der Waals surface area (Å²) in [5.74, 6) is 0. The smallest absolute Gasteiger partial charge is 0.0950 e. The van der Waals surface area contributed by atoms with Crippen molar-refractivity contribution in [2.24, 2.45) is 0 Å². The summed E-state index contributed by atoms with van der Waals surface area (Å²) in [4.78, 5) is 1.32. The van der Waals surface area contributed by atoms with Gasteiger partial charge >= 0.3 is 0 Å². The molecule has 2 nitrogen and oxygen atoms in total. The van der Waals surface area contributed by atoms with Crippen molar-refractivity contribution in [2.45, 2.75) is 6.10 Å². The van der Waals surface area contributed by atoms with Gasteiger partial charge in [0.05, 0.1) is 12.7 Å². The fraction of sp³-hybridized carbons (Fsp3) is 0.286. The van der Waals surface area contributed by atoms with Gasteiger partial charge in [0.25, 0.3) is 0 Å². The monoisotopic (exact) mass is 245 g/mol. The highest BCUT2D eigenvalue weighted by molar-refractivity contribution is 7.13. The van der Waals surface area contributed by atoms with E-state index in [-0.39, 0.29) is 6.10 Å². The van der Waals surface area contributed by atoms with E-state index in [1.807, 2.05) is 0 Å². The number of ether oxygens (including phenoxy) is 1. The molecule has 0 saturated carbocycles. The van der Waals surface area contributed by atoms with E-state index in [9.17, 15) is 0 Å². The van der Waals surface area contributed by atoms with Crippen LogP contribution in [-0.4, -0.2) is 19.7 Å². The van der Waals surface area contributed by atoms with Gasteiger partial charge in [-0.15, -0.1) is 11.3 Å². The van der Waals surface area contributed by atoms with Crippen LogP contribution in [0.15, 0.2) is 41.8 Å². The Balaban J connectivity index is 1.88. The van der Waals surface area contributed by atoms with Crippen molar-refractivity contribution < 1.29 is 4.74 Å². The van der Waals surface area contributed by atoms with Crippen LogP contribution < -0.4 is 5.32 Å². The largest absolute Gasteiger partial charge is 0.371 e. The van der Waals surface area contributed by atoms with E-state index in [1.165, 1.54) is 16.0 Å². The minimum absolute atomic E-state index is 0.198. The molecule has 1 aromatic heterocycles. The second-order valence-corrected chi connectivity index (χ2v) is 5.11. The summed E-state index contributed by atoms with van der Waals surface area (Å²) in [6.07, 6.45) is 0.198. The Bertz CT molecular complexity index is 475. The van der Waals surface area contributed by atoms with Crippen molar-refractivity contribution in [1.29, 1.82) is 0 Å². The second kappa shape index (κ2) is 5.00. The van der Waals surface area contributed by atoms with Crippen LogP contribution in [-0.2, 0) is 4.74 Å². The summed E-state index contributed by atoms with van der Waals surface area (Å²) in [6, 6.07) is 12.9. The lowest BCUT2D eigenvalue weighted by Crippen LogP contribution is -2.33. The van der Waals surface area contributed by atoms with Gasteiger partial charge in [0.1, 0.15) is 0 Å². The van der Waals surface area contributed by atoms with Crippen molar-refractivity contribution in [3.63, 3.8) is 0 Å². The van der Waals surface area contributed by atoms with Crippen LogP contribution in [0.3, 0.4) is 0 Å². The molecule has 2 aromatic rings. The fourth-order valence-corrected chi connectivity index (χ4v) is 2.84. The number of benzene rings is 1. The van der Waals surface area contributed by atoms with E-state index >= 15 is 0 Å². The Labute approximate surface area is 105 Å². The Morgan fingerprint density at radius 3 is 3.00 bits per heavy atom. The summed E-state index contributed by atoms with van der Waals surface area (Å²) in [7, 11) is 0. The van der Waals surface area contributed by atoms with Crippen molar-refractivity contribution in [3.8, 4) is 10.4 Å². The van der Waals surface area contributed by atoms with Gasteiger partial charge in [-0.25, -0.2) is 0 Å². The first-order valence-electron chi connectivity index (χ1n) is 5.89. The molecule has 0 spiro atoms. The van der Waals surface area contributed by atoms with Gasteiger partial charge in [0.15, 0.2) is 0 Å². The fourth-order valence-electron chi connectivity index (χ4n) is 2.11. The molecule has 0 radical (unpaired) electrons. The van der Waals surface area contributed by atoms with Gasteiger partial charge in [-0.3, -0.25) is 0 Å². The predicted octanol–water partition coefficient (Wildman–Crippen LogP) is 3.08. The molecule has 1 saturated heterocycles. The Morgan fingerprint density at radius 1 is 1.24 bits per heavy atom. The molecule has 88 valence electrons. The molecular weight excluding hydrogens is 230 g/mol.